The molecule has 0 bridgehead atoms. The van der Waals surface area contributed by atoms with Crippen LogP contribution in [0, 0.1) is 5.92 Å². The third-order valence-electron chi connectivity index (χ3n) is 2.94. The molecule has 1 rings (SSSR count). The monoisotopic (exact) mass is 305 g/mol. The van der Waals surface area contributed by atoms with Crippen LogP contribution < -0.4 is 4.72 Å². The van der Waals surface area contributed by atoms with E-state index >= 15 is 0 Å². The van der Waals surface area contributed by atoms with Crippen LogP contribution in [0.5, 0.6) is 0 Å². The van der Waals surface area contributed by atoms with Gasteiger partial charge in [0.2, 0.25) is 10.0 Å². The Hall–Kier alpha value is -0.920. The minimum Gasteiger partial charge on any atom is -0.481 e. The third-order valence-corrected chi connectivity index (χ3v) is 5.94. The fourth-order valence-electron chi connectivity index (χ4n) is 1.62. The smallest absolute Gasteiger partial charge is 0.308 e. The first-order valence-corrected chi connectivity index (χ1v) is 8.49. The fourth-order valence-corrected chi connectivity index (χ4v) is 4.13. The van der Waals surface area contributed by atoms with Gasteiger partial charge >= 0.3 is 5.97 Å². The van der Waals surface area contributed by atoms with Crippen LogP contribution in [0.4, 0.5) is 0 Å². The Morgan fingerprint density at radius 2 is 2.00 bits per heavy atom. The zero-order valence-electron chi connectivity index (χ0n) is 11.0. The minimum atomic E-state index is -3.51. The number of thiophene rings is 1. The summed E-state index contributed by atoms with van der Waals surface area (Å²) in [5.74, 6) is -0.635. The van der Waals surface area contributed by atoms with Gasteiger partial charge in [-0.05, 0) is 18.1 Å². The lowest BCUT2D eigenvalue weighted by Crippen LogP contribution is -2.28. The second-order valence-corrected chi connectivity index (χ2v) is 7.49. The first kappa shape index (κ1) is 16.1. The highest BCUT2D eigenvalue weighted by molar-refractivity contribution is 7.91. The number of hydrogen-bond acceptors (Lipinski definition) is 4. The van der Waals surface area contributed by atoms with E-state index in [0.29, 0.717) is 17.3 Å². The Bertz CT molecular complexity index is 518. The van der Waals surface area contributed by atoms with Crippen molar-refractivity contribution in [1.29, 1.82) is 0 Å². The van der Waals surface area contributed by atoms with Crippen LogP contribution in [-0.2, 0) is 21.2 Å². The van der Waals surface area contributed by atoms with Crippen LogP contribution in [0.2, 0.25) is 0 Å². The second kappa shape index (κ2) is 7.02. The van der Waals surface area contributed by atoms with Crippen molar-refractivity contribution in [3.05, 3.63) is 17.0 Å². The van der Waals surface area contributed by atoms with Gasteiger partial charge in [0.25, 0.3) is 0 Å². The maximum atomic E-state index is 12.0. The van der Waals surface area contributed by atoms with E-state index in [1.807, 2.05) is 13.8 Å². The molecule has 0 saturated heterocycles. The summed E-state index contributed by atoms with van der Waals surface area (Å²) in [4.78, 5) is 11.1. The summed E-state index contributed by atoms with van der Waals surface area (Å²) >= 11 is 1.00. The predicted octanol–water partition coefficient (Wildman–Crippen LogP) is 2.09. The van der Waals surface area contributed by atoms with Crippen molar-refractivity contribution in [3.63, 3.8) is 0 Å². The molecule has 0 spiro atoms. The van der Waals surface area contributed by atoms with Crippen molar-refractivity contribution >= 4 is 27.3 Å². The molecule has 0 aliphatic rings. The fraction of sp³-hybridized carbons (Fsp3) is 0.583. The lowest BCUT2D eigenvalue weighted by atomic mass is 10.0. The molecule has 19 heavy (non-hydrogen) atoms. The number of carbonyl (C=O) groups is 1. The van der Waals surface area contributed by atoms with E-state index in [4.69, 9.17) is 5.11 Å². The van der Waals surface area contributed by atoms with Crippen LogP contribution in [-0.4, -0.2) is 26.0 Å². The maximum absolute atomic E-state index is 12.0. The third kappa shape index (κ3) is 4.93. The molecule has 0 unspecified atom stereocenters. The van der Waals surface area contributed by atoms with Crippen molar-refractivity contribution in [2.24, 2.45) is 5.92 Å². The van der Waals surface area contributed by atoms with Gasteiger partial charge in [-0.15, -0.1) is 11.3 Å². The predicted molar refractivity (Wildman–Crippen MR) is 74.9 cm³/mol. The minimum absolute atomic E-state index is 0.146. The quantitative estimate of drug-likeness (QED) is 0.770. The molecule has 0 radical (unpaired) electrons. The summed E-state index contributed by atoms with van der Waals surface area (Å²) in [6.07, 6.45) is 1.70. The highest BCUT2D eigenvalue weighted by atomic mass is 32.2. The summed E-state index contributed by atoms with van der Waals surface area (Å²) in [5, 5.41) is 8.66. The largest absolute Gasteiger partial charge is 0.481 e. The number of aliphatic carboxylic acids is 1. The van der Waals surface area contributed by atoms with E-state index in [2.05, 4.69) is 4.72 Å². The summed E-state index contributed by atoms with van der Waals surface area (Å²) in [6, 6.07) is 3.00. The molecule has 0 fully saturated rings. The molecule has 5 nitrogen and oxygen atoms in total. The number of carboxylic acid groups (broad SMARTS) is 1. The van der Waals surface area contributed by atoms with Crippen LogP contribution >= 0.6 is 11.3 Å². The molecule has 0 aromatic carbocycles. The second-order valence-electron chi connectivity index (χ2n) is 4.33. The van der Waals surface area contributed by atoms with E-state index in [1.54, 1.807) is 6.07 Å². The van der Waals surface area contributed by atoms with Crippen LogP contribution in [0.1, 0.15) is 31.6 Å². The van der Waals surface area contributed by atoms with Gasteiger partial charge in [0.15, 0.2) is 0 Å². The zero-order chi connectivity index (χ0) is 14.5. The first-order chi connectivity index (χ1) is 8.89. The van der Waals surface area contributed by atoms with Crippen molar-refractivity contribution in [1.82, 2.24) is 4.72 Å². The molecule has 1 aromatic heterocycles. The number of rotatable bonds is 8. The van der Waals surface area contributed by atoms with Gasteiger partial charge in [-0.2, -0.15) is 0 Å². The molecule has 0 saturated carbocycles. The van der Waals surface area contributed by atoms with Crippen molar-refractivity contribution in [2.75, 3.05) is 6.54 Å². The van der Waals surface area contributed by atoms with Gasteiger partial charge in [0, 0.05) is 11.4 Å². The molecule has 7 heteroatoms. The standard InChI is InChI=1S/C12H19NO4S2/c1-3-9(4-2)8-13-19(16,17)12-6-5-10(18-12)7-11(14)15/h5-6,9,13H,3-4,7-8H2,1-2H3,(H,14,15). The average molecular weight is 305 g/mol. The van der Waals surface area contributed by atoms with Crippen LogP contribution in [0.3, 0.4) is 0 Å². The summed E-state index contributed by atoms with van der Waals surface area (Å²) < 4.78 is 26.8. The molecule has 1 aromatic rings. The molecule has 108 valence electrons. The number of carboxylic acids is 1. The zero-order valence-corrected chi connectivity index (χ0v) is 12.7. The lowest BCUT2D eigenvalue weighted by Gasteiger charge is -2.12. The Balaban J connectivity index is 2.72. The van der Waals surface area contributed by atoms with Gasteiger partial charge in [0.05, 0.1) is 6.42 Å². The topological polar surface area (TPSA) is 83.5 Å². The summed E-state index contributed by atoms with van der Waals surface area (Å²) in [5.41, 5.74) is 0. The highest BCUT2D eigenvalue weighted by Crippen LogP contribution is 2.22. The van der Waals surface area contributed by atoms with Gasteiger partial charge in [-0.25, -0.2) is 13.1 Å². The van der Waals surface area contributed by atoms with Gasteiger partial charge in [0.1, 0.15) is 4.21 Å². The molecule has 0 aliphatic heterocycles. The molecule has 1 heterocycles. The number of sulfonamides is 1. The summed E-state index contributed by atoms with van der Waals surface area (Å²) in [7, 11) is -3.51. The van der Waals surface area contributed by atoms with E-state index in [-0.39, 0.29) is 10.6 Å². The van der Waals surface area contributed by atoms with Gasteiger partial charge in [-0.3, -0.25) is 4.79 Å². The Kier molecular flexibility index (Phi) is 5.96. The number of hydrogen-bond donors (Lipinski definition) is 2. The summed E-state index contributed by atoms with van der Waals surface area (Å²) in [6.45, 7) is 4.47. The first-order valence-electron chi connectivity index (χ1n) is 6.19. The normalized spacial score (nSPS) is 11.9. The maximum Gasteiger partial charge on any atom is 0.308 e. The highest BCUT2D eigenvalue weighted by Gasteiger charge is 2.18. The lowest BCUT2D eigenvalue weighted by molar-refractivity contribution is -0.136. The molecule has 0 amide bonds. The van der Waals surface area contributed by atoms with Crippen molar-refractivity contribution in [3.8, 4) is 0 Å². The van der Waals surface area contributed by atoms with Gasteiger partial charge in [-0.1, -0.05) is 26.7 Å². The van der Waals surface area contributed by atoms with E-state index < -0.39 is 16.0 Å². The molecular formula is C12H19NO4S2. The van der Waals surface area contributed by atoms with Gasteiger partial charge < -0.3 is 5.11 Å². The number of nitrogens with one attached hydrogen (secondary N) is 1. The van der Waals surface area contributed by atoms with Crippen LogP contribution in [0.15, 0.2) is 16.3 Å². The molecule has 0 atom stereocenters. The molecule has 0 aliphatic carbocycles. The SMILES string of the molecule is CCC(CC)CNS(=O)(=O)c1ccc(CC(=O)O)s1. The van der Waals surface area contributed by atoms with Crippen molar-refractivity contribution < 1.29 is 18.3 Å². The van der Waals surface area contributed by atoms with E-state index in [9.17, 15) is 13.2 Å². The Labute approximate surface area is 117 Å². The van der Waals surface area contributed by atoms with E-state index in [0.717, 1.165) is 24.2 Å². The molecular weight excluding hydrogens is 286 g/mol. The van der Waals surface area contributed by atoms with Crippen molar-refractivity contribution in [2.45, 2.75) is 37.3 Å². The Morgan fingerprint density at radius 3 is 2.53 bits per heavy atom. The molecule has 2 N–H and O–H groups in total. The Morgan fingerprint density at radius 1 is 1.37 bits per heavy atom. The van der Waals surface area contributed by atoms with Crippen LogP contribution in [0.25, 0.3) is 0 Å². The van der Waals surface area contributed by atoms with E-state index in [1.165, 1.54) is 6.07 Å². The average Bonchev–Trinajstić information content (AvgIpc) is 2.78.